The molecule has 4 aromatic rings. The number of hydrogen-bond donors (Lipinski definition) is 2. The Morgan fingerprint density at radius 2 is 1.79 bits per heavy atom. The zero-order valence-electron chi connectivity index (χ0n) is 18.3. The Labute approximate surface area is 200 Å². The predicted octanol–water partition coefficient (Wildman–Crippen LogP) is 4.70. The summed E-state index contributed by atoms with van der Waals surface area (Å²) in [5.74, 6) is 0.762. The average Bonchev–Trinajstić information content (AvgIpc) is 3.26. The first-order valence-electron chi connectivity index (χ1n) is 10.8. The Hall–Kier alpha value is -3.85. The minimum Gasteiger partial charge on any atom is -0.486 e. The average molecular weight is 476 g/mol. The van der Waals surface area contributed by atoms with Crippen molar-refractivity contribution in [2.45, 2.75) is 30.0 Å². The van der Waals surface area contributed by atoms with Crippen LogP contribution in [-0.2, 0) is 11.4 Å². The van der Waals surface area contributed by atoms with Crippen LogP contribution in [0.2, 0.25) is 0 Å². The topological polar surface area (TPSA) is 81.1 Å². The van der Waals surface area contributed by atoms with Crippen LogP contribution >= 0.6 is 11.8 Å². The maximum atomic E-state index is 13.6. The molecule has 5 rings (SSSR count). The van der Waals surface area contributed by atoms with Crippen LogP contribution in [0.5, 0.6) is 5.75 Å². The number of fused-ring (bicyclic) bond motifs is 1. The van der Waals surface area contributed by atoms with Gasteiger partial charge in [-0.15, -0.1) is 10.2 Å². The molecular weight excluding hydrogens is 453 g/mol. The van der Waals surface area contributed by atoms with E-state index in [4.69, 9.17) is 4.74 Å². The van der Waals surface area contributed by atoms with Crippen molar-refractivity contribution in [3.05, 3.63) is 102 Å². The third kappa shape index (κ3) is 4.60. The summed E-state index contributed by atoms with van der Waals surface area (Å²) in [6, 6.07) is 22.7. The second-order valence-corrected chi connectivity index (χ2v) is 8.95. The van der Waals surface area contributed by atoms with E-state index in [9.17, 15) is 9.18 Å². The molecule has 0 spiro atoms. The van der Waals surface area contributed by atoms with Gasteiger partial charge in [-0.05, 0) is 48.4 Å². The number of benzene rings is 3. The highest BCUT2D eigenvalue weighted by molar-refractivity contribution is 8.00. The van der Waals surface area contributed by atoms with Gasteiger partial charge in [-0.25, -0.2) is 9.07 Å². The van der Waals surface area contributed by atoms with Crippen LogP contribution in [0.15, 0.2) is 84.0 Å². The molecule has 0 fully saturated rings. The van der Waals surface area contributed by atoms with Gasteiger partial charge in [0.15, 0.2) is 5.82 Å². The van der Waals surface area contributed by atoms with Crippen molar-refractivity contribution in [1.29, 1.82) is 0 Å². The quantitative estimate of drug-likeness (QED) is 0.421. The summed E-state index contributed by atoms with van der Waals surface area (Å²) >= 11 is 1.31. The molecule has 1 amide bonds. The van der Waals surface area contributed by atoms with Crippen LogP contribution in [0, 0.1) is 12.7 Å². The minimum absolute atomic E-state index is 0.183. The van der Waals surface area contributed by atoms with Gasteiger partial charge in [-0.1, -0.05) is 60.3 Å². The summed E-state index contributed by atoms with van der Waals surface area (Å²) in [6.07, 6.45) is 0. The number of anilines is 1. The highest BCUT2D eigenvalue weighted by Gasteiger charge is 2.38. The standard InChI is InChI=1S/C25H22FN5O2S/c1-16-7-5-6-10-20(16)27-24(32)23-22(17-11-13-18(26)14-12-17)30-31-21(28-29-25(31)34-23)15-33-19-8-3-2-4-9-19/h2-14,22-23,30H,15H2,1H3,(H,27,32). The lowest BCUT2D eigenvalue weighted by atomic mass is 10.0. The molecule has 0 radical (unpaired) electrons. The van der Waals surface area contributed by atoms with Gasteiger partial charge in [-0.2, -0.15) is 0 Å². The Morgan fingerprint density at radius 1 is 1.06 bits per heavy atom. The van der Waals surface area contributed by atoms with Crippen molar-refractivity contribution < 1.29 is 13.9 Å². The fraction of sp³-hybridized carbons (Fsp3) is 0.160. The number of ether oxygens (including phenoxy) is 1. The lowest BCUT2D eigenvalue weighted by Gasteiger charge is -2.33. The van der Waals surface area contributed by atoms with Crippen LogP contribution in [0.1, 0.15) is 23.0 Å². The Bertz CT molecular complexity index is 1300. The molecule has 0 saturated carbocycles. The van der Waals surface area contributed by atoms with E-state index in [2.05, 4.69) is 20.9 Å². The number of thioether (sulfide) groups is 1. The summed E-state index contributed by atoms with van der Waals surface area (Å²) in [7, 11) is 0. The molecule has 2 atom stereocenters. The maximum Gasteiger partial charge on any atom is 0.240 e. The van der Waals surface area contributed by atoms with Gasteiger partial charge in [0, 0.05) is 5.69 Å². The number of aryl methyl sites for hydroxylation is 1. The second-order valence-electron chi connectivity index (χ2n) is 7.84. The maximum absolute atomic E-state index is 13.6. The number of aromatic nitrogens is 3. The molecule has 0 saturated heterocycles. The zero-order valence-corrected chi connectivity index (χ0v) is 19.1. The van der Waals surface area contributed by atoms with Gasteiger partial charge in [-0.3, -0.25) is 4.79 Å². The van der Waals surface area contributed by atoms with Crippen LogP contribution in [-0.4, -0.2) is 26.0 Å². The van der Waals surface area contributed by atoms with Crippen molar-refractivity contribution in [3.63, 3.8) is 0 Å². The molecule has 7 nitrogen and oxygen atoms in total. The number of carbonyl (C=O) groups is 1. The Balaban J connectivity index is 1.43. The van der Waals surface area contributed by atoms with Crippen molar-refractivity contribution >= 4 is 23.4 Å². The van der Waals surface area contributed by atoms with E-state index in [0.29, 0.717) is 16.7 Å². The van der Waals surface area contributed by atoms with E-state index in [1.165, 1.54) is 23.9 Å². The molecule has 1 aromatic heterocycles. The highest BCUT2D eigenvalue weighted by Crippen LogP contribution is 2.38. The minimum atomic E-state index is -0.565. The van der Waals surface area contributed by atoms with Gasteiger partial charge in [0.25, 0.3) is 0 Å². The molecule has 0 bridgehead atoms. The molecule has 34 heavy (non-hydrogen) atoms. The summed E-state index contributed by atoms with van der Waals surface area (Å²) in [5.41, 5.74) is 5.84. The van der Waals surface area contributed by atoms with Gasteiger partial charge in [0.1, 0.15) is 23.4 Å². The number of nitrogens with zero attached hydrogens (tertiary/aromatic N) is 3. The lowest BCUT2D eigenvalue weighted by Crippen LogP contribution is -2.41. The van der Waals surface area contributed by atoms with E-state index < -0.39 is 11.3 Å². The van der Waals surface area contributed by atoms with E-state index in [1.54, 1.807) is 16.8 Å². The number of para-hydroxylation sites is 2. The van der Waals surface area contributed by atoms with Crippen LogP contribution in [0.3, 0.4) is 0 Å². The molecule has 1 aliphatic heterocycles. The molecule has 0 aliphatic carbocycles. The van der Waals surface area contributed by atoms with Gasteiger partial charge in [0.2, 0.25) is 11.1 Å². The Kier molecular flexibility index (Phi) is 6.18. The fourth-order valence-electron chi connectivity index (χ4n) is 3.69. The smallest absolute Gasteiger partial charge is 0.240 e. The fourth-order valence-corrected chi connectivity index (χ4v) is 4.79. The lowest BCUT2D eigenvalue weighted by molar-refractivity contribution is -0.116. The number of nitrogens with one attached hydrogen (secondary N) is 2. The summed E-state index contributed by atoms with van der Waals surface area (Å²) in [6.45, 7) is 2.13. The van der Waals surface area contributed by atoms with E-state index in [-0.39, 0.29) is 18.3 Å². The van der Waals surface area contributed by atoms with Crippen molar-refractivity contribution in [2.24, 2.45) is 0 Å². The third-order valence-corrected chi connectivity index (χ3v) is 6.72. The normalized spacial score (nSPS) is 16.9. The summed E-state index contributed by atoms with van der Waals surface area (Å²) < 4.78 is 21.2. The van der Waals surface area contributed by atoms with Crippen LogP contribution in [0.4, 0.5) is 10.1 Å². The van der Waals surface area contributed by atoms with Crippen molar-refractivity contribution in [3.8, 4) is 5.75 Å². The van der Waals surface area contributed by atoms with Gasteiger partial charge in [0.05, 0.1) is 6.04 Å². The van der Waals surface area contributed by atoms with E-state index >= 15 is 0 Å². The van der Waals surface area contributed by atoms with Crippen LogP contribution in [0.25, 0.3) is 0 Å². The summed E-state index contributed by atoms with van der Waals surface area (Å²) in [5, 5.41) is 11.5. The molecule has 3 aromatic carbocycles. The van der Waals surface area contributed by atoms with Crippen molar-refractivity contribution in [2.75, 3.05) is 10.7 Å². The first-order valence-corrected chi connectivity index (χ1v) is 11.6. The van der Waals surface area contributed by atoms with Crippen molar-refractivity contribution in [1.82, 2.24) is 14.9 Å². The Morgan fingerprint density at radius 3 is 2.56 bits per heavy atom. The first kappa shape index (κ1) is 22.0. The number of amides is 1. The molecule has 2 N–H and O–H groups in total. The largest absolute Gasteiger partial charge is 0.486 e. The number of carbonyl (C=O) groups excluding carboxylic acids is 1. The predicted molar refractivity (Wildman–Crippen MR) is 129 cm³/mol. The SMILES string of the molecule is Cc1ccccc1NC(=O)C1Sc2nnc(COc3ccccc3)n2NC1c1ccc(F)cc1. The van der Waals surface area contributed by atoms with Crippen LogP contribution < -0.4 is 15.5 Å². The molecule has 2 heterocycles. The molecular formula is C25H22FN5O2S. The molecule has 9 heteroatoms. The molecule has 1 aliphatic rings. The number of halogens is 1. The van der Waals surface area contributed by atoms with E-state index in [1.807, 2.05) is 61.5 Å². The number of rotatable bonds is 6. The second kappa shape index (κ2) is 9.56. The third-order valence-electron chi connectivity index (χ3n) is 5.51. The monoisotopic (exact) mass is 475 g/mol. The summed E-state index contributed by atoms with van der Waals surface area (Å²) in [4.78, 5) is 13.4. The molecule has 172 valence electrons. The molecule has 2 unspecified atom stereocenters. The van der Waals surface area contributed by atoms with Gasteiger partial charge < -0.3 is 15.5 Å². The zero-order chi connectivity index (χ0) is 23.5. The number of hydrogen-bond acceptors (Lipinski definition) is 6. The van der Waals surface area contributed by atoms with Gasteiger partial charge >= 0.3 is 0 Å². The first-order chi connectivity index (χ1) is 16.6. The van der Waals surface area contributed by atoms with E-state index in [0.717, 1.165) is 16.8 Å². The highest BCUT2D eigenvalue weighted by atomic mass is 32.2.